The van der Waals surface area contributed by atoms with Crippen LogP contribution in [0.5, 0.6) is 0 Å². The van der Waals surface area contributed by atoms with E-state index in [1.54, 1.807) is 6.20 Å². The van der Waals surface area contributed by atoms with Gasteiger partial charge in [-0.15, -0.1) is 0 Å². The Morgan fingerprint density at radius 3 is 2.62 bits per heavy atom. The van der Waals surface area contributed by atoms with Crippen LogP contribution in [0.3, 0.4) is 0 Å². The number of ether oxygens (including phenoxy) is 1. The highest BCUT2D eigenvalue weighted by molar-refractivity contribution is 5.94. The van der Waals surface area contributed by atoms with Crippen LogP contribution < -0.4 is 5.32 Å². The third-order valence-corrected chi connectivity index (χ3v) is 7.11. The van der Waals surface area contributed by atoms with Crippen LogP contribution in [0.1, 0.15) is 53.1 Å². The molecule has 1 aromatic carbocycles. The summed E-state index contributed by atoms with van der Waals surface area (Å²) in [5.41, 5.74) is 2.19. The van der Waals surface area contributed by atoms with E-state index in [4.69, 9.17) is 4.74 Å². The van der Waals surface area contributed by atoms with Gasteiger partial charge in [0.25, 0.3) is 5.91 Å². The van der Waals surface area contributed by atoms with E-state index in [1.165, 1.54) is 5.56 Å². The minimum Gasteiger partial charge on any atom is -0.391 e. The number of aliphatic hydroxyl groups excluding tert-OH is 1. The van der Waals surface area contributed by atoms with E-state index in [-0.39, 0.29) is 23.5 Å². The summed E-state index contributed by atoms with van der Waals surface area (Å²) >= 11 is 0. The van der Waals surface area contributed by atoms with Crippen LogP contribution in [0, 0.1) is 13.8 Å². The van der Waals surface area contributed by atoms with Crippen molar-refractivity contribution in [2.24, 2.45) is 0 Å². The topological polar surface area (TPSA) is 87.6 Å². The van der Waals surface area contributed by atoms with Gasteiger partial charge >= 0.3 is 0 Å². The van der Waals surface area contributed by atoms with Crippen molar-refractivity contribution in [3.63, 3.8) is 0 Å². The molecule has 4 rings (SSSR count). The summed E-state index contributed by atoms with van der Waals surface area (Å²) in [5, 5.41) is 14.2. The minimum absolute atomic E-state index is 0.132. The van der Waals surface area contributed by atoms with Gasteiger partial charge in [0.15, 0.2) is 0 Å². The van der Waals surface area contributed by atoms with Crippen LogP contribution in [0.4, 0.5) is 0 Å². The Bertz CT molecular complexity index is 917. The first-order valence-corrected chi connectivity index (χ1v) is 11.6. The van der Waals surface area contributed by atoms with E-state index in [2.05, 4.69) is 44.5 Å². The van der Waals surface area contributed by atoms with Crippen molar-refractivity contribution in [3.8, 4) is 0 Å². The lowest BCUT2D eigenvalue weighted by Crippen LogP contribution is -2.48. The molecule has 1 aromatic heterocycles. The minimum atomic E-state index is -0.373. The molecule has 1 saturated carbocycles. The summed E-state index contributed by atoms with van der Waals surface area (Å²) in [6.07, 6.45) is 4.55. The molecule has 2 aliphatic rings. The summed E-state index contributed by atoms with van der Waals surface area (Å²) in [5.74, 6) is 0.513. The van der Waals surface area contributed by atoms with Crippen LogP contribution in [0.25, 0.3) is 0 Å². The number of nitrogens with zero attached hydrogens (tertiary/aromatic N) is 3. The molecule has 0 unspecified atom stereocenters. The molecule has 1 saturated heterocycles. The molecule has 7 heteroatoms. The van der Waals surface area contributed by atoms with Gasteiger partial charge in [0.05, 0.1) is 30.6 Å². The van der Waals surface area contributed by atoms with Gasteiger partial charge in [0.2, 0.25) is 0 Å². The van der Waals surface area contributed by atoms with Gasteiger partial charge < -0.3 is 15.2 Å². The molecule has 2 N–H and O–H groups in total. The van der Waals surface area contributed by atoms with Crippen LogP contribution in [0.2, 0.25) is 0 Å². The molecule has 0 spiro atoms. The van der Waals surface area contributed by atoms with Crippen molar-refractivity contribution in [2.45, 2.75) is 57.1 Å². The fourth-order valence-electron chi connectivity index (χ4n) is 5.20. The third-order valence-electron chi connectivity index (χ3n) is 7.11. The van der Waals surface area contributed by atoms with Gasteiger partial charge in [-0.05, 0) is 45.1 Å². The summed E-state index contributed by atoms with van der Waals surface area (Å²) < 4.78 is 5.51. The average molecular weight is 439 g/mol. The van der Waals surface area contributed by atoms with Gasteiger partial charge in [-0.2, -0.15) is 0 Å². The number of morpholine rings is 1. The van der Waals surface area contributed by atoms with Crippen LogP contribution >= 0.6 is 0 Å². The molecular weight excluding hydrogens is 404 g/mol. The molecule has 0 radical (unpaired) electrons. The molecule has 1 aliphatic carbocycles. The first kappa shape index (κ1) is 22.8. The molecule has 32 heavy (non-hydrogen) atoms. The fourth-order valence-corrected chi connectivity index (χ4v) is 5.20. The lowest BCUT2D eigenvalue weighted by molar-refractivity contribution is -0.0236. The number of nitrogens with one attached hydrogen (secondary N) is 1. The molecule has 2 fully saturated rings. The molecule has 172 valence electrons. The summed E-state index contributed by atoms with van der Waals surface area (Å²) in [4.78, 5) is 23.9. The quantitative estimate of drug-likeness (QED) is 0.697. The van der Waals surface area contributed by atoms with Gasteiger partial charge in [0.1, 0.15) is 5.82 Å². The Kier molecular flexibility index (Phi) is 7.18. The lowest BCUT2D eigenvalue weighted by Gasteiger charge is -2.37. The smallest absolute Gasteiger partial charge is 0.254 e. The molecule has 3 atom stereocenters. The van der Waals surface area contributed by atoms with E-state index in [9.17, 15) is 9.90 Å². The first-order valence-electron chi connectivity index (χ1n) is 11.6. The van der Waals surface area contributed by atoms with Gasteiger partial charge in [0, 0.05) is 37.3 Å². The number of hydrogen-bond acceptors (Lipinski definition) is 6. The predicted molar refractivity (Wildman–Crippen MR) is 123 cm³/mol. The van der Waals surface area contributed by atoms with Crippen molar-refractivity contribution in [3.05, 3.63) is 59.2 Å². The first-order chi connectivity index (χ1) is 15.5. The van der Waals surface area contributed by atoms with Crippen molar-refractivity contribution >= 4 is 5.91 Å². The number of benzene rings is 1. The fraction of sp³-hybridized carbons (Fsp3) is 0.560. The zero-order valence-electron chi connectivity index (χ0n) is 19.1. The second-order valence-electron chi connectivity index (χ2n) is 9.11. The normalized spacial score (nSPS) is 27.0. The molecule has 1 aliphatic heterocycles. The number of rotatable bonds is 5. The molecule has 1 amide bonds. The number of aromatic nitrogens is 2. The number of aryl methyl sites for hydroxylation is 2. The summed E-state index contributed by atoms with van der Waals surface area (Å²) in [6, 6.07) is 10.6. The van der Waals surface area contributed by atoms with E-state index in [0.29, 0.717) is 30.0 Å². The number of carbonyl (C=O) groups is 1. The van der Waals surface area contributed by atoms with Crippen LogP contribution in [-0.4, -0.2) is 70.9 Å². The molecular formula is C25H34N4O3. The van der Waals surface area contributed by atoms with Crippen LogP contribution in [0.15, 0.2) is 36.5 Å². The van der Waals surface area contributed by atoms with Crippen molar-refractivity contribution in [1.82, 2.24) is 20.2 Å². The SMILES string of the molecule is Cc1ncc(C(=O)NC[C@]2(c3ccccc3)CC[C@@H](O)[C@H](N3CCOCC3)CC2)c(C)n1. The lowest BCUT2D eigenvalue weighted by atomic mass is 9.74. The Hall–Kier alpha value is -2.35. The maximum Gasteiger partial charge on any atom is 0.254 e. The summed E-state index contributed by atoms with van der Waals surface area (Å²) in [6.45, 7) is 7.35. The van der Waals surface area contributed by atoms with E-state index < -0.39 is 0 Å². The summed E-state index contributed by atoms with van der Waals surface area (Å²) in [7, 11) is 0. The molecule has 0 bridgehead atoms. The Balaban J connectivity index is 1.54. The highest BCUT2D eigenvalue weighted by Gasteiger charge is 2.40. The largest absolute Gasteiger partial charge is 0.391 e. The Morgan fingerprint density at radius 1 is 1.19 bits per heavy atom. The highest BCUT2D eigenvalue weighted by atomic mass is 16.5. The van der Waals surface area contributed by atoms with Crippen molar-refractivity contribution in [1.29, 1.82) is 0 Å². The predicted octanol–water partition coefficient (Wildman–Crippen LogP) is 2.40. The number of aliphatic hydroxyl groups is 1. The van der Waals surface area contributed by atoms with E-state index in [0.717, 1.165) is 45.6 Å². The van der Waals surface area contributed by atoms with Crippen molar-refractivity contribution < 1.29 is 14.6 Å². The van der Waals surface area contributed by atoms with Crippen LogP contribution in [-0.2, 0) is 10.2 Å². The zero-order valence-corrected chi connectivity index (χ0v) is 19.1. The van der Waals surface area contributed by atoms with E-state index >= 15 is 0 Å². The zero-order chi connectivity index (χ0) is 22.6. The maximum absolute atomic E-state index is 13.0. The van der Waals surface area contributed by atoms with Crippen molar-refractivity contribution in [2.75, 3.05) is 32.8 Å². The standard InChI is InChI=1S/C25H34N4O3/c1-18-21(16-26-19(2)28-18)24(31)27-17-25(20-6-4-3-5-7-20)10-8-22(23(30)9-11-25)29-12-14-32-15-13-29/h3-7,16,22-23,30H,8-15,17H2,1-2H3,(H,27,31)/t22-,23-,25-/m1/s1. The second kappa shape index (κ2) is 10.1. The maximum atomic E-state index is 13.0. The molecule has 2 aromatic rings. The van der Waals surface area contributed by atoms with E-state index in [1.807, 2.05) is 19.9 Å². The molecule has 2 heterocycles. The average Bonchev–Trinajstić information content (AvgIpc) is 2.98. The highest BCUT2D eigenvalue weighted by Crippen LogP contribution is 2.39. The van der Waals surface area contributed by atoms with Gasteiger partial charge in [-0.25, -0.2) is 9.97 Å². The second-order valence-corrected chi connectivity index (χ2v) is 9.11. The number of amides is 1. The monoisotopic (exact) mass is 438 g/mol. The number of hydrogen-bond donors (Lipinski definition) is 2. The van der Waals surface area contributed by atoms with Gasteiger partial charge in [-0.1, -0.05) is 30.3 Å². The third kappa shape index (κ3) is 5.00. The Morgan fingerprint density at radius 2 is 1.91 bits per heavy atom. The molecule has 7 nitrogen and oxygen atoms in total. The van der Waals surface area contributed by atoms with Gasteiger partial charge in [-0.3, -0.25) is 9.69 Å². The Labute approximate surface area is 190 Å². The number of carbonyl (C=O) groups excluding carboxylic acids is 1.